The van der Waals surface area contributed by atoms with Gasteiger partial charge in [-0.3, -0.25) is 4.79 Å². The molecule has 228 valence electrons. The van der Waals surface area contributed by atoms with E-state index in [9.17, 15) is 22.8 Å². The smallest absolute Gasteiger partial charge is 0.420 e. The molecule has 7 nitrogen and oxygen atoms in total. The number of carbonyl (C=O) groups is 2. The molecule has 1 amide bonds. The number of halogens is 3. The fraction of sp³-hybridized carbons (Fsp3) is 0.353. The maximum atomic E-state index is 13.8. The van der Waals surface area contributed by atoms with Crippen molar-refractivity contribution >= 4 is 24.2 Å². The summed E-state index contributed by atoms with van der Waals surface area (Å²) in [4.78, 5) is 34.3. The first kappa shape index (κ1) is 30.8. The van der Waals surface area contributed by atoms with Crippen LogP contribution >= 0.6 is 0 Å². The van der Waals surface area contributed by atoms with E-state index >= 15 is 0 Å². The van der Waals surface area contributed by atoms with E-state index in [0.717, 1.165) is 17.3 Å². The summed E-state index contributed by atoms with van der Waals surface area (Å²) in [6.45, 7) is 6.63. The molecule has 44 heavy (non-hydrogen) atoms. The highest BCUT2D eigenvalue weighted by Gasteiger charge is 2.53. The number of ether oxygens (including phenoxy) is 2. The lowest BCUT2D eigenvalue weighted by Crippen LogP contribution is -2.50. The Morgan fingerprint density at radius 3 is 2.30 bits per heavy atom. The molecule has 0 spiro atoms. The predicted molar refractivity (Wildman–Crippen MR) is 158 cm³/mol. The Kier molecular flexibility index (Phi) is 8.25. The summed E-state index contributed by atoms with van der Waals surface area (Å²) in [5, 5.41) is 0. The molecule has 1 saturated heterocycles. The van der Waals surface area contributed by atoms with Crippen molar-refractivity contribution in [3.05, 3.63) is 94.1 Å². The van der Waals surface area contributed by atoms with Gasteiger partial charge in [-0.1, -0.05) is 54.5 Å². The van der Waals surface area contributed by atoms with Crippen molar-refractivity contribution in [2.45, 2.75) is 56.7 Å². The van der Waals surface area contributed by atoms with Crippen LogP contribution in [0.15, 0.2) is 54.7 Å². The Morgan fingerprint density at radius 1 is 1.00 bits per heavy atom. The minimum absolute atomic E-state index is 0.0693. The number of likely N-dealkylation sites (tertiary alicyclic amines) is 1. The molecule has 0 radical (unpaired) electrons. The first-order valence-electron chi connectivity index (χ1n) is 14.2. The fourth-order valence-electron chi connectivity index (χ4n) is 5.03. The van der Waals surface area contributed by atoms with Gasteiger partial charge in [0.05, 0.1) is 12.5 Å². The van der Waals surface area contributed by atoms with Gasteiger partial charge in [-0.15, -0.1) is 0 Å². The number of aromatic nitrogens is 2. The number of amides is 1. The van der Waals surface area contributed by atoms with Gasteiger partial charge in [0.15, 0.2) is 5.82 Å². The molecule has 0 atom stereocenters. The zero-order valence-corrected chi connectivity index (χ0v) is 24.9. The highest BCUT2D eigenvalue weighted by Crippen LogP contribution is 2.50. The van der Waals surface area contributed by atoms with Crippen LogP contribution in [0.4, 0.5) is 18.0 Å². The molecule has 10 heteroatoms. The molecule has 1 saturated carbocycles. The molecule has 2 heterocycles. The highest BCUT2D eigenvalue weighted by atomic mass is 19.4. The number of benzene rings is 2. The molecule has 0 unspecified atom stereocenters. The first-order valence-corrected chi connectivity index (χ1v) is 14.2. The van der Waals surface area contributed by atoms with E-state index in [1.165, 1.54) is 13.2 Å². The molecule has 2 fully saturated rings. The summed E-state index contributed by atoms with van der Waals surface area (Å²) in [7, 11) is 1.31. The lowest BCUT2D eigenvalue weighted by molar-refractivity contribution is -0.143. The standard InChI is InChI=1S/C34H32F3N3O4/c1-32(2,3)44-31(42)40-20-25(21-40)23-12-9-22(10-13-23)11-16-29-38-19-27(34(35,36)37)28(39-29)15-14-24-7-5-6-8-26(24)33(17-18-33)30(41)43-4/h5-13,16,19,25H,17-18,20-21H2,1-4H3. The molecular weight excluding hydrogens is 571 g/mol. The number of alkyl halides is 3. The molecule has 1 aliphatic carbocycles. The minimum atomic E-state index is -4.70. The van der Waals surface area contributed by atoms with Crippen molar-refractivity contribution in [1.29, 1.82) is 0 Å². The van der Waals surface area contributed by atoms with Crippen molar-refractivity contribution in [2.24, 2.45) is 0 Å². The molecule has 1 aromatic heterocycles. The van der Waals surface area contributed by atoms with Crippen molar-refractivity contribution in [3.63, 3.8) is 0 Å². The summed E-state index contributed by atoms with van der Waals surface area (Å²) < 4.78 is 51.8. The van der Waals surface area contributed by atoms with Crippen molar-refractivity contribution in [1.82, 2.24) is 14.9 Å². The van der Waals surface area contributed by atoms with Gasteiger partial charge in [0.25, 0.3) is 0 Å². The maximum Gasteiger partial charge on any atom is 0.420 e. The van der Waals surface area contributed by atoms with Crippen LogP contribution in [-0.2, 0) is 25.9 Å². The lowest BCUT2D eigenvalue weighted by atomic mass is 9.91. The third kappa shape index (κ3) is 6.77. The Balaban J connectivity index is 1.32. The SMILES string of the molecule is COC(=O)C1(c2ccccc2C#Cc2nc(C=Cc3ccc(C4CN(C(=O)OC(C)(C)C)C4)cc3)ncc2C(F)(F)F)CC1. The minimum Gasteiger partial charge on any atom is -0.468 e. The van der Waals surface area contributed by atoms with Crippen molar-refractivity contribution in [3.8, 4) is 11.8 Å². The third-order valence-electron chi connectivity index (χ3n) is 7.56. The summed E-state index contributed by atoms with van der Waals surface area (Å²) in [5.74, 6) is 5.28. The van der Waals surface area contributed by atoms with Gasteiger partial charge in [0.1, 0.15) is 16.9 Å². The highest BCUT2D eigenvalue weighted by molar-refractivity contribution is 5.87. The van der Waals surface area contributed by atoms with Crippen LogP contribution in [0.25, 0.3) is 12.2 Å². The van der Waals surface area contributed by atoms with E-state index in [0.29, 0.717) is 37.1 Å². The van der Waals surface area contributed by atoms with Crippen LogP contribution < -0.4 is 0 Å². The second kappa shape index (κ2) is 11.8. The topological polar surface area (TPSA) is 81.6 Å². The van der Waals surface area contributed by atoms with E-state index in [2.05, 4.69) is 21.8 Å². The number of carbonyl (C=O) groups excluding carboxylic acids is 2. The van der Waals surface area contributed by atoms with Gasteiger partial charge in [0, 0.05) is 30.8 Å². The van der Waals surface area contributed by atoms with Crippen LogP contribution in [0.1, 0.15) is 78.9 Å². The van der Waals surface area contributed by atoms with Gasteiger partial charge in [-0.05, 0) is 68.4 Å². The maximum absolute atomic E-state index is 13.8. The zero-order valence-electron chi connectivity index (χ0n) is 24.9. The van der Waals surface area contributed by atoms with Gasteiger partial charge in [-0.2, -0.15) is 13.2 Å². The first-order chi connectivity index (χ1) is 20.8. The Bertz CT molecular complexity index is 1650. The Hall–Kier alpha value is -4.65. The van der Waals surface area contributed by atoms with E-state index in [4.69, 9.17) is 9.47 Å². The van der Waals surface area contributed by atoms with Gasteiger partial charge < -0.3 is 14.4 Å². The molecule has 3 aromatic rings. The number of nitrogens with zero attached hydrogens (tertiary/aromatic N) is 3. The van der Waals surface area contributed by atoms with E-state index < -0.39 is 28.4 Å². The predicted octanol–water partition coefficient (Wildman–Crippen LogP) is 6.60. The van der Waals surface area contributed by atoms with E-state index in [1.807, 2.05) is 45.0 Å². The van der Waals surface area contributed by atoms with Crippen LogP contribution in [0, 0.1) is 11.8 Å². The number of rotatable bonds is 5. The van der Waals surface area contributed by atoms with Crippen molar-refractivity contribution < 1.29 is 32.2 Å². The summed E-state index contributed by atoms with van der Waals surface area (Å²) >= 11 is 0. The summed E-state index contributed by atoms with van der Waals surface area (Å²) in [5.41, 5.74) is 0.0869. The summed E-state index contributed by atoms with van der Waals surface area (Å²) in [6, 6.07) is 14.6. The zero-order chi connectivity index (χ0) is 31.7. The molecule has 2 aromatic carbocycles. The average Bonchev–Trinajstić information content (AvgIpc) is 3.75. The van der Waals surface area contributed by atoms with Crippen LogP contribution in [0.2, 0.25) is 0 Å². The Labute approximate surface area is 254 Å². The van der Waals surface area contributed by atoms with Gasteiger partial charge in [-0.25, -0.2) is 14.8 Å². The fourth-order valence-corrected chi connectivity index (χ4v) is 5.03. The monoisotopic (exact) mass is 603 g/mol. The molecule has 1 aliphatic heterocycles. The van der Waals surface area contributed by atoms with E-state index in [1.54, 1.807) is 35.2 Å². The molecule has 0 N–H and O–H groups in total. The quantitative estimate of drug-likeness (QED) is 0.241. The normalized spacial score (nSPS) is 16.1. The molecular formula is C34H32F3N3O4. The number of methoxy groups -OCH3 is 1. The second-order valence-corrected chi connectivity index (χ2v) is 11.9. The van der Waals surface area contributed by atoms with Crippen LogP contribution in [0.3, 0.4) is 0 Å². The van der Waals surface area contributed by atoms with Crippen LogP contribution in [0.5, 0.6) is 0 Å². The molecule has 5 rings (SSSR count). The second-order valence-electron chi connectivity index (χ2n) is 11.9. The Morgan fingerprint density at radius 2 is 1.68 bits per heavy atom. The lowest BCUT2D eigenvalue weighted by Gasteiger charge is -2.40. The van der Waals surface area contributed by atoms with E-state index in [-0.39, 0.29) is 23.8 Å². The van der Waals surface area contributed by atoms with Crippen molar-refractivity contribution in [2.75, 3.05) is 20.2 Å². The number of hydrogen-bond donors (Lipinski definition) is 0. The average molecular weight is 604 g/mol. The third-order valence-corrected chi connectivity index (χ3v) is 7.56. The molecule has 0 bridgehead atoms. The van der Waals surface area contributed by atoms with Crippen LogP contribution in [-0.4, -0.2) is 52.7 Å². The number of hydrogen-bond acceptors (Lipinski definition) is 6. The number of esters is 1. The van der Waals surface area contributed by atoms with Gasteiger partial charge >= 0.3 is 18.2 Å². The van der Waals surface area contributed by atoms with Gasteiger partial charge in [0.2, 0.25) is 0 Å². The molecule has 2 aliphatic rings. The largest absolute Gasteiger partial charge is 0.468 e. The summed E-state index contributed by atoms with van der Waals surface area (Å²) in [6.07, 6.45) is 0.104.